The Morgan fingerprint density at radius 1 is 1.21 bits per heavy atom. The minimum Gasteiger partial charge on any atom is -0.465 e. The van der Waals surface area contributed by atoms with E-state index in [9.17, 15) is 24.5 Å². The van der Waals surface area contributed by atoms with Gasteiger partial charge in [-0.1, -0.05) is 18.2 Å². The van der Waals surface area contributed by atoms with Crippen LogP contribution in [0.2, 0.25) is 0 Å². The average molecular weight is 335 g/mol. The summed E-state index contributed by atoms with van der Waals surface area (Å²) in [5.41, 5.74) is -1.98. The predicted molar refractivity (Wildman–Crippen MR) is 81.1 cm³/mol. The molecular formula is C16H17NO7. The molecule has 1 saturated carbocycles. The number of aldehydes is 1. The number of para-hydroxylation sites is 1. The summed E-state index contributed by atoms with van der Waals surface area (Å²) < 4.78 is 9.90. The molecule has 0 saturated heterocycles. The maximum absolute atomic E-state index is 12.4. The van der Waals surface area contributed by atoms with Crippen molar-refractivity contribution in [3.8, 4) is 0 Å². The molecule has 1 aliphatic carbocycles. The molecule has 0 amide bonds. The Morgan fingerprint density at radius 3 is 2.21 bits per heavy atom. The van der Waals surface area contributed by atoms with Crippen molar-refractivity contribution in [3.05, 3.63) is 39.9 Å². The molecule has 0 N–H and O–H groups in total. The van der Waals surface area contributed by atoms with Crippen molar-refractivity contribution in [2.24, 2.45) is 11.3 Å². The Bertz CT molecular complexity index is 667. The molecule has 0 aromatic heterocycles. The van der Waals surface area contributed by atoms with E-state index in [-0.39, 0.29) is 24.5 Å². The number of nitro groups is 1. The lowest BCUT2D eigenvalue weighted by molar-refractivity contribution is -0.385. The molecule has 128 valence electrons. The van der Waals surface area contributed by atoms with Crippen LogP contribution < -0.4 is 0 Å². The van der Waals surface area contributed by atoms with Crippen molar-refractivity contribution in [2.45, 2.75) is 19.8 Å². The molecule has 1 aromatic carbocycles. The lowest BCUT2D eigenvalue weighted by atomic mass is 9.97. The largest absolute Gasteiger partial charge is 0.465 e. The molecule has 1 aromatic rings. The summed E-state index contributed by atoms with van der Waals surface area (Å²) in [6.07, 6.45) is 0.454. The van der Waals surface area contributed by atoms with E-state index in [2.05, 4.69) is 0 Å². The van der Waals surface area contributed by atoms with E-state index < -0.39 is 34.1 Å². The van der Waals surface area contributed by atoms with Crippen molar-refractivity contribution >= 4 is 23.9 Å². The highest BCUT2D eigenvalue weighted by Crippen LogP contribution is 2.66. The number of carbonyl (C=O) groups is 3. The molecule has 1 fully saturated rings. The number of nitrogens with zero attached hydrogens (tertiary/aromatic N) is 1. The van der Waals surface area contributed by atoms with Gasteiger partial charge in [0.15, 0.2) is 5.41 Å². The average Bonchev–Trinajstić information content (AvgIpc) is 3.25. The van der Waals surface area contributed by atoms with E-state index in [1.807, 2.05) is 0 Å². The fourth-order valence-corrected chi connectivity index (χ4v) is 3.07. The van der Waals surface area contributed by atoms with Crippen LogP contribution >= 0.6 is 0 Å². The summed E-state index contributed by atoms with van der Waals surface area (Å²) in [5.74, 6) is -3.83. The molecule has 0 spiro atoms. The summed E-state index contributed by atoms with van der Waals surface area (Å²) in [6.45, 7) is 3.15. The van der Waals surface area contributed by atoms with Crippen LogP contribution in [0.4, 0.5) is 5.69 Å². The molecule has 1 aliphatic rings. The third-order valence-electron chi connectivity index (χ3n) is 4.11. The zero-order valence-corrected chi connectivity index (χ0v) is 13.3. The minimum atomic E-state index is -1.86. The van der Waals surface area contributed by atoms with Gasteiger partial charge >= 0.3 is 11.9 Å². The van der Waals surface area contributed by atoms with Crippen LogP contribution in [0.3, 0.4) is 0 Å². The van der Waals surface area contributed by atoms with Crippen LogP contribution in [-0.2, 0) is 23.9 Å². The zero-order chi connectivity index (χ0) is 17.9. The van der Waals surface area contributed by atoms with Gasteiger partial charge in [0.05, 0.1) is 24.1 Å². The van der Waals surface area contributed by atoms with Crippen LogP contribution in [0.1, 0.15) is 25.3 Å². The molecule has 0 aliphatic heterocycles. The monoisotopic (exact) mass is 335 g/mol. The number of ether oxygens (including phenoxy) is 2. The fourth-order valence-electron chi connectivity index (χ4n) is 3.07. The van der Waals surface area contributed by atoms with E-state index in [0.717, 1.165) is 0 Å². The third kappa shape index (κ3) is 2.53. The molecule has 2 atom stereocenters. The van der Waals surface area contributed by atoms with Gasteiger partial charge in [-0.2, -0.15) is 0 Å². The predicted octanol–water partition coefficient (Wildman–Crippen LogP) is 1.62. The van der Waals surface area contributed by atoms with Gasteiger partial charge in [0.1, 0.15) is 6.29 Å². The van der Waals surface area contributed by atoms with E-state index >= 15 is 0 Å². The summed E-state index contributed by atoms with van der Waals surface area (Å²) in [5, 5.41) is 11.2. The maximum atomic E-state index is 12.4. The molecule has 0 bridgehead atoms. The normalized spacial score (nSPS) is 20.8. The summed E-state index contributed by atoms with van der Waals surface area (Å²) >= 11 is 0. The molecule has 2 rings (SSSR count). The second-order valence-electron chi connectivity index (χ2n) is 5.27. The third-order valence-corrected chi connectivity index (χ3v) is 4.11. The summed E-state index contributed by atoms with van der Waals surface area (Å²) in [7, 11) is 0. The Labute approximate surface area is 137 Å². The molecule has 0 radical (unpaired) electrons. The van der Waals surface area contributed by atoms with Gasteiger partial charge in [-0.25, -0.2) is 0 Å². The van der Waals surface area contributed by atoms with E-state index in [1.165, 1.54) is 18.2 Å². The Morgan fingerprint density at radius 2 is 1.75 bits per heavy atom. The zero-order valence-electron chi connectivity index (χ0n) is 13.3. The first-order chi connectivity index (χ1) is 11.5. The van der Waals surface area contributed by atoms with Crippen LogP contribution in [0, 0.1) is 21.4 Å². The molecule has 0 unspecified atom stereocenters. The van der Waals surface area contributed by atoms with Crippen molar-refractivity contribution in [1.29, 1.82) is 0 Å². The number of nitro benzene ring substituents is 1. The van der Waals surface area contributed by atoms with E-state index in [0.29, 0.717) is 6.29 Å². The SMILES string of the molecule is CCOC(=O)C1(C(=O)OCC)[C@@H](C=O)[C@@H]1c1ccccc1[N+](=O)[O-]. The second-order valence-corrected chi connectivity index (χ2v) is 5.27. The summed E-state index contributed by atoms with van der Waals surface area (Å²) in [4.78, 5) is 47.0. The topological polar surface area (TPSA) is 113 Å². The van der Waals surface area contributed by atoms with Crippen LogP contribution in [0.15, 0.2) is 24.3 Å². The minimum absolute atomic E-state index is 0.00910. The fraction of sp³-hybridized carbons (Fsp3) is 0.438. The van der Waals surface area contributed by atoms with Crippen molar-refractivity contribution in [2.75, 3.05) is 13.2 Å². The smallest absolute Gasteiger partial charge is 0.324 e. The quantitative estimate of drug-likeness (QED) is 0.244. The van der Waals surface area contributed by atoms with Gasteiger partial charge in [0.25, 0.3) is 5.69 Å². The van der Waals surface area contributed by atoms with Gasteiger partial charge in [0, 0.05) is 17.5 Å². The van der Waals surface area contributed by atoms with Crippen molar-refractivity contribution < 1.29 is 28.8 Å². The highest BCUT2D eigenvalue weighted by atomic mass is 16.6. The van der Waals surface area contributed by atoms with Gasteiger partial charge in [-0.05, 0) is 13.8 Å². The van der Waals surface area contributed by atoms with Crippen LogP contribution in [-0.4, -0.2) is 36.4 Å². The number of hydrogen-bond acceptors (Lipinski definition) is 7. The molecule has 0 heterocycles. The molecule has 24 heavy (non-hydrogen) atoms. The van der Waals surface area contributed by atoms with Gasteiger partial charge in [0.2, 0.25) is 0 Å². The number of benzene rings is 1. The first-order valence-electron chi connectivity index (χ1n) is 7.49. The van der Waals surface area contributed by atoms with Crippen molar-refractivity contribution in [3.63, 3.8) is 0 Å². The summed E-state index contributed by atoms with van der Waals surface area (Å²) in [6, 6.07) is 5.70. The van der Waals surface area contributed by atoms with Gasteiger partial charge in [-0.3, -0.25) is 19.7 Å². The Hall–Kier alpha value is -2.77. The molecule has 8 nitrogen and oxygen atoms in total. The number of carbonyl (C=O) groups excluding carboxylic acids is 3. The van der Waals surface area contributed by atoms with Crippen LogP contribution in [0.5, 0.6) is 0 Å². The maximum Gasteiger partial charge on any atom is 0.324 e. The van der Waals surface area contributed by atoms with Gasteiger partial charge in [-0.15, -0.1) is 0 Å². The number of hydrogen-bond donors (Lipinski definition) is 0. The Kier molecular flexibility index (Phi) is 4.96. The van der Waals surface area contributed by atoms with Crippen LogP contribution in [0.25, 0.3) is 0 Å². The highest BCUT2D eigenvalue weighted by Gasteiger charge is 2.78. The first-order valence-corrected chi connectivity index (χ1v) is 7.49. The van der Waals surface area contributed by atoms with E-state index in [4.69, 9.17) is 9.47 Å². The van der Waals surface area contributed by atoms with Gasteiger partial charge < -0.3 is 14.3 Å². The standard InChI is InChI=1S/C16H17NO7/c1-3-23-14(19)16(15(20)24-4-2)11(9-18)13(16)10-7-5-6-8-12(10)17(21)22/h5-9,11,13H,3-4H2,1-2H3/t11-,13-/m0/s1. The number of rotatable bonds is 7. The number of esters is 2. The molecular weight excluding hydrogens is 318 g/mol. The lowest BCUT2D eigenvalue weighted by Crippen LogP contribution is -2.33. The lowest BCUT2D eigenvalue weighted by Gasteiger charge is -2.15. The molecule has 8 heteroatoms. The highest BCUT2D eigenvalue weighted by molar-refractivity contribution is 6.09. The first kappa shape index (κ1) is 17.6. The van der Waals surface area contributed by atoms with E-state index in [1.54, 1.807) is 19.9 Å². The Balaban J connectivity index is 2.56. The van der Waals surface area contributed by atoms with Crippen molar-refractivity contribution in [1.82, 2.24) is 0 Å². The second kappa shape index (κ2) is 6.77.